The van der Waals surface area contributed by atoms with Crippen LogP contribution in [0, 0.1) is 24.6 Å². The van der Waals surface area contributed by atoms with Crippen molar-refractivity contribution in [3.05, 3.63) is 75.2 Å². The Hall–Kier alpha value is -4.07. The minimum atomic E-state index is -0.851. The summed E-state index contributed by atoms with van der Waals surface area (Å²) in [4.78, 5) is 23.2. The molecule has 1 atom stereocenters. The molecule has 0 aliphatic heterocycles. The zero-order valence-corrected chi connectivity index (χ0v) is 19.1. The number of nitrogen functional groups attached to an aromatic ring is 1. The highest BCUT2D eigenvalue weighted by molar-refractivity contribution is 7.16. The van der Waals surface area contributed by atoms with Crippen LogP contribution in [0.15, 0.2) is 46.7 Å². The molecule has 4 heterocycles. The number of aliphatic hydroxyl groups is 1. The van der Waals surface area contributed by atoms with E-state index >= 15 is 0 Å². The van der Waals surface area contributed by atoms with Crippen molar-refractivity contribution in [2.24, 2.45) is 0 Å². The highest BCUT2D eigenvalue weighted by Crippen LogP contribution is 2.26. The summed E-state index contributed by atoms with van der Waals surface area (Å²) in [6, 6.07) is 7.69. The van der Waals surface area contributed by atoms with Gasteiger partial charge in [0, 0.05) is 11.9 Å². The Morgan fingerprint density at radius 3 is 2.82 bits per heavy atom. The first kappa shape index (κ1) is 21.8. The normalized spacial score (nSPS) is 12.1. The molecule has 10 heteroatoms. The van der Waals surface area contributed by atoms with E-state index in [0.717, 1.165) is 5.56 Å². The third-order valence-electron chi connectivity index (χ3n) is 5.31. The molecule has 1 aromatic carbocycles. The number of aromatic nitrogens is 5. The maximum Gasteiger partial charge on any atom is 0.267 e. The summed E-state index contributed by atoms with van der Waals surface area (Å²) in [6.45, 7) is 3.39. The number of nitrogens with zero attached hydrogens (tertiary/aromatic N) is 5. The third-order valence-corrected chi connectivity index (χ3v) is 6.30. The molecule has 34 heavy (non-hydrogen) atoms. The van der Waals surface area contributed by atoms with Crippen LogP contribution in [-0.2, 0) is 6.54 Å². The van der Waals surface area contributed by atoms with Gasteiger partial charge in [0.25, 0.3) is 5.56 Å². The number of pyridine rings is 1. The summed E-state index contributed by atoms with van der Waals surface area (Å²) in [7, 11) is 0. The van der Waals surface area contributed by atoms with E-state index in [9.17, 15) is 14.3 Å². The molecule has 0 aliphatic rings. The molecule has 5 rings (SSSR count). The molecular weight excluding hydrogens is 455 g/mol. The van der Waals surface area contributed by atoms with Gasteiger partial charge in [0.2, 0.25) is 0 Å². The standard InChI is InChI=1S/C24H19FN6O2S/c1-13-12-34-23-20(13)24(33)31(18-6-4-3-5-15(18)25)19(28-23)11-30-22-21(16(26)9-10-27-22)17(29-30)8-7-14(2)32/h3-6,9-10,12,14,32H,11H2,1-2H3,(H2,26,27)/t14-/m1/s1. The maximum absolute atomic E-state index is 14.8. The number of anilines is 1. The van der Waals surface area contributed by atoms with Crippen LogP contribution in [0.25, 0.3) is 26.9 Å². The molecule has 0 radical (unpaired) electrons. The molecule has 0 bridgehead atoms. The van der Waals surface area contributed by atoms with E-state index < -0.39 is 11.9 Å². The van der Waals surface area contributed by atoms with E-state index in [0.29, 0.717) is 32.6 Å². The molecule has 4 aromatic heterocycles. The second-order valence-corrected chi connectivity index (χ2v) is 8.63. The highest BCUT2D eigenvalue weighted by atomic mass is 32.1. The fourth-order valence-electron chi connectivity index (χ4n) is 3.78. The number of thiophene rings is 1. The Bertz CT molecular complexity index is 1690. The maximum atomic E-state index is 14.8. The first-order valence-electron chi connectivity index (χ1n) is 10.4. The summed E-state index contributed by atoms with van der Waals surface area (Å²) < 4.78 is 17.6. The molecule has 0 saturated heterocycles. The summed E-state index contributed by atoms with van der Waals surface area (Å²) in [6.07, 6.45) is 0.695. The van der Waals surface area contributed by atoms with E-state index in [1.54, 1.807) is 31.3 Å². The monoisotopic (exact) mass is 474 g/mol. The van der Waals surface area contributed by atoms with Crippen LogP contribution in [0.1, 0.15) is 24.0 Å². The molecule has 0 unspecified atom stereocenters. The van der Waals surface area contributed by atoms with Crippen molar-refractivity contribution in [2.75, 3.05) is 5.73 Å². The number of hydrogen-bond acceptors (Lipinski definition) is 7. The largest absolute Gasteiger partial charge is 0.398 e. The first-order valence-corrected chi connectivity index (χ1v) is 11.3. The molecule has 5 aromatic rings. The molecule has 3 N–H and O–H groups in total. The second kappa shape index (κ2) is 8.37. The van der Waals surface area contributed by atoms with Crippen molar-refractivity contribution < 1.29 is 9.50 Å². The van der Waals surface area contributed by atoms with Gasteiger partial charge in [-0.25, -0.2) is 19.0 Å². The Morgan fingerprint density at radius 2 is 2.06 bits per heavy atom. The van der Waals surface area contributed by atoms with Gasteiger partial charge in [0.15, 0.2) is 5.65 Å². The summed E-state index contributed by atoms with van der Waals surface area (Å²) in [5.74, 6) is 5.24. The number of rotatable bonds is 3. The number of aryl methyl sites for hydroxylation is 1. The van der Waals surface area contributed by atoms with Crippen LogP contribution in [-0.4, -0.2) is 35.5 Å². The summed E-state index contributed by atoms with van der Waals surface area (Å²) >= 11 is 1.35. The Kier molecular flexibility index (Phi) is 5.36. The minimum Gasteiger partial charge on any atom is -0.398 e. The van der Waals surface area contributed by atoms with Crippen molar-refractivity contribution in [1.82, 2.24) is 24.3 Å². The Morgan fingerprint density at radius 1 is 1.26 bits per heavy atom. The van der Waals surface area contributed by atoms with Gasteiger partial charge >= 0.3 is 0 Å². The SMILES string of the molecule is Cc1csc2nc(Cn3nc(C#C[C@@H](C)O)c4c(N)ccnc43)n(-c3ccccc3F)c(=O)c12. The van der Waals surface area contributed by atoms with Crippen LogP contribution in [0.3, 0.4) is 0 Å². The number of benzene rings is 1. The molecule has 0 amide bonds. The van der Waals surface area contributed by atoms with Crippen LogP contribution in [0.5, 0.6) is 0 Å². The van der Waals surface area contributed by atoms with Crippen molar-refractivity contribution in [1.29, 1.82) is 0 Å². The average Bonchev–Trinajstić information content (AvgIpc) is 3.35. The van der Waals surface area contributed by atoms with Gasteiger partial charge in [0.05, 0.1) is 16.5 Å². The molecule has 0 fully saturated rings. The molecule has 8 nitrogen and oxygen atoms in total. The lowest BCUT2D eigenvalue weighted by atomic mass is 10.2. The third kappa shape index (κ3) is 3.61. The molecular formula is C24H19FN6O2S. The van der Waals surface area contributed by atoms with E-state index in [2.05, 4.69) is 21.9 Å². The molecule has 0 aliphatic carbocycles. The molecule has 170 valence electrons. The minimum absolute atomic E-state index is 0.0137. The van der Waals surface area contributed by atoms with Crippen LogP contribution < -0.4 is 11.3 Å². The van der Waals surface area contributed by atoms with Gasteiger partial charge in [-0.2, -0.15) is 5.10 Å². The fraction of sp³-hybridized carbons (Fsp3) is 0.167. The van der Waals surface area contributed by atoms with Gasteiger partial charge in [0.1, 0.15) is 34.8 Å². The number of hydrogen-bond donors (Lipinski definition) is 2. The highest BCUT2D eigenvalue weighted by Gasteiger charge is 2.20. The predicted octanol–water partition coefficient (Wildman–Crippen LogP) is 3.00. The van der Waals surface area contributed by atoms with Gasteiger partial charge in [-0.3, -0.25) is 9.36 Å². The van der Waals surface area contributed by atoms with Crippen molar-refractivity contribution in [3.63, 3.8) is 0 Å². The number of nitrogens with two attached hydrogens (primary N) is 1. The van der Waals surface area contributed by atoms with Crippen molar-refractivity contribution in [2.45, 2.75) is 26.5 Å². The van der Waals surface area contributed by atoms with Crippen LogP contribution in [0.2, 0.25) is 0 Å². The second-order valence-electron chi connectivity index (χ2n) is 7.77. The van der Waals surface area contributed by atoms with Gasteiger partial charge < -0.3 is 10.8 Å². The predicted molar refractivity (Wildman–Crippen MR) is 130 cm³/mol. The Balaban J connectivity index is 1.77. The summed E-state index contributed by atoms with van der Waals surface area (Å²) in [5.41, 5.74) is 7.89. The van der Waals surface area contributed by atoms with Gasteiger partial charge in [-0.15, -0.1) is 11.3 Å². The van der Waals surface area contributed by atoms with Crippen molar-refractivity contribution in [3.8, 4) is 17.5 Å². The average molecular weight is 475 g/mol. The van der Waals surface area contributed by atoms with Crippen LogP contribution in [0.4, 0.5) is 10.1 Å². The topological polar surface area (TPSA) is 112 Å². The fourth-order valence-corrected chi connectivity index (χ4v) is 4.71. The smallest absolute Gasteiger partial charge is 0.267 e. The van der Waals surface area contributed by atoms with E-state index in [1.807, 2.05) is 12.3 Å². The number of fused-ring (bicyclic) bond motifs is 2. The van der Waals surface area contributed by atoms with E-state index in [-0.39, 0.29) is 23.6 Å². The number of aliphatic hydroxyl groups excluding tert-OH is 1. The van der Waals surface area contributed by atoms with Gasteiger partial charge in [-0.1, -0.05) is 18.1 Å². The number of halogens is 1. The Labute approximate surface area is 197 Å². The lowest BCUT2D eigenvalue weighted by Crippen LogP contribution is -2.26. The summed E-state index contributed by atoms with van der Waals surface area (Å²) in [5, 5.41) is 16.9. The first-order chi connectivity index (χ1) is 16.3. The quantitative estimate of drug-likeness (QED) is 0.389. The van der Waals surface area contributed by atoms with Crippen molar-refractivity contribution >= 4 is 38.3 Å². The lowest BCUT2D eigenvalue weighted by Gasteiger charge is -2.14. The van der Waals surface area contributed by atoms with E-state index in [4.69, 9.17) is 10.7 Å². The zero-order valence-electron chi connectivity index (χ0n) is 18.3. The molecule has 0 saturated carbocycles. The van der Waals surface area contributed by atoms with E-state index in [1.165, 1.54) is 32.7 Å². The van der Waals surface area contributed by atoms with Gasteiger partial charge in [-0.05, 0) is 48.9 Å². The molecule has 0 spiro atoms. The zero-order chi connectivity index (χ0) is 24.0. The number of para-hydroxylation sites is 1. The van der Waals surface area contributed by atoms with Crippen LogP contribution >= 0.6 is 11.3 Å². The lowest BCUT2D eigenvalue weighted by molar-refractivity contribution is 0.253.